The second-order valence-electron chi connectivity index (χ2n) is 6.18. The molecule has 138 valence electrons. The van der Waals surface area contributed by atoms with E-state index in [1.165, 1.54) is 0 Å². The molecule has 0 saturated carbocycles. The van der Waals surface area contributed by atoms with Crippen molar-refractivity contribution in [2.24, 2.45) is 0 Å². The highest BCUT2D eigenvalue weighted by Crippen LogP contribution is 2.09. The summed E-state index contributed by atoms with van der Waals surface area (Å²) in [7, 11) is 0. The van der Waals surface area contributed by atoms with Gasteiger partial charge in [0.25, 0.3) is 0 Å². The maximum atomic E-state index is 12.5. The third kappa shape index (κ3) is 5.41. The van der Waals surface area contributed by atoms with Crippen molar-refractivity contribution in [3.8, 4) is 0 Å². The summed E-state index contributed by atoms with van der Waals surface area (Å²) in [6, 6.07) is -0.427. The van der Waals surface area contributed by atoms with Gasteiger partial charge in [0.05, 0.1) is 25.7 Å². The summed E-state index contributed by atoms with van der Waals surface area (Å²) in [6.07, 6.45) is 0.212. The molecule has 0 aromatic heterocycles. The molecule has 2 saturated heterocycles. The minimum atomic E-state index is -0.427. The molecular formula is C16H30N4O4. The smallest absolute Gasteiger partial charge is 0.240 e. The highest BCUT2D eigenvalue weighted by atomic mass is 16.5. The number of aliphatic hydroxyl groups is 1. The van der Waals surface area contributed by atoms with Crippen LogP contribution in [0.5, 0.6) is 0 Å². The molecular weight excluding hydrogens is 312 g/mol. The number of ether oxygens (including phenoxy) is 1. The molecule has 2 aliphatic heterocycles. The zero-order valence-corrected chi connectivity index (χ0v) is 14.6. The number of rotatable bonds is 8. The average molecular weight is 342 g/mol. The molecule has 8 nitrogen and oxygen atoms in total. The summed E-state index contributed by atoms with van der Waals surface area (Å²) < 4.78 is 5.31. The summed E-state index contributed by atoms with van der Waals surface area (Å²) in [5.74, 6) is 0.0179. The Kier molecular flexibility index (Phi) is 7.90. The van der Waals surface area contributed by atoms with Crippen LogP contribution in [0.2, 0.25) is 0 Å². The Labute approximate surface area is 143 Å². The summed E-state index contributed by atoms with van der Waals surface area (Å²) in [5.41, 5.74) is 0. The number of carbonyl (C=O) groups excluding carboxylic acids is 2. The van der Waals surface area contributed by atoms with Crippen LogP contribution >= 0.6 is 0 Å². The van der Waals surface area contributed by atoms with E-state index in [1.54, 1.807) is 4.90 Å². The van der Waals surface area contributed by atoms with Crippen LogP contribution in [0.4, 0.5) is 0 Å². The quantitative estimate of drug-likeness (QED) is 0.514. The maximum absolute atomic E-state index is 12.5. The van der Waals surface area contributed by atoms with E-state index >= 15 is 0 Å². The molecule has 0 bridgehead atoms. The first-order chi connectivity index (χ1) is 11.7. The van der Waals surface area contributed by atoms with Crippen LogP contribution in [0.15, 0.2) is 0 Å². The van der Waals surface area contributed by atoms with Gasteiger partial charge in [0.2, 0.25) is 11.8 Å². The zero-order chi connectivity index (χ0) is 17.4. The van der Waals surface area contributed by atoms with Crippen LogP contribution in [0.25, 0.3) is 0 Å². The molecule has 1 unspecified atom stereocenters. The van der Waals surface area contributed by atoms with Gasteiger partial charge in [0.15, 0.2) is 0 Å². The molecule has 2 amide bonds. The van der Waals surface area contributed by atoms with Crippen LogP contribution in [0, 0.1) is 0 Å². The highest BCUT2D eigenvalue weighted by molar-refractivity contribution is 5.89. The van der Waals surface area contributed by atoms with Crippen molar-refractivity contribution in [3.05, 3.63) is 0 Å². The Bertz CT molecular complexity index is 413. The Morgan fingerprint density at radius 3 is 2.67 bits per heavy atom. The minimum absolute atomic E-state index is 0.00628. The van der Waals surface area contributed by atoms with Crippen LogP contribution in [0.3, 0.4) is 0 Å². The van der Waals surface area contributed by atoms with Gasteiger partial charge >= 0.3 is 0 Å². The summed E-state index contributed by atoms with van der Waals surface area (Å²) in [6.45, 7) is 8.74. The molecule has 24 heavy (non-hydrogen) atoms. The average Bonchev–Trinajstić information content (AvgIpc) is 2.59. The lowest BCUT2D eigenvalue weighted by Gasteiger charge is -2.36. The monoisotopic (exact) mass is 342 g/mol. The van der Waals surface area contributed by atoms with Crippen molar-refractivity contribution in [2.75, 3.05) is 72.2 Å². The van der Waals surface area contributed by atoms with E-state index in [0.717, 1.165) is 13.1 Å². The number of β-amino-alcohol motifs (C(OH)–C–C–N with tert-alkyl or cyclic N) is 1. The molecule has 0 aromatic rings. The number of nitrogens with zero attached hydrogens (tertiary/aromatic N) is 3. The molecule has 1 atom stereocenters. The number of hydrogen-bond acceptors (Lipinski definition) is 6. The highest BCUT2D eigenvalue weighted by Gasteiger charge is 2.31. The van der Waals surface area contributed by atoms with E-state index in [-0.39, 0.29) is 24.8 Å². The molecule has 2 N–H and O–H groups in total. The predicted octanol–water partition coefficient (Wildman–Crippen LogP) is -1.65. The molecule has 0 aromatic carbocycles. The Morgan fingerprint density at radius 2 is 2.00 bits per heavy atom. The van der Waals surface area contributed by atoms with Crippen LogP contribution < -0.4 is 5.32 Å². The fraction of sp³-hybridized carbons (Fsp3) is 0.875. The van der Waals surface area contributed by atoms with Gasteiger partial charge < -0.3 is 25.0 Å². The molecule has 8 heteroatoms. The van der Waals surface area contributed by atoms with E-state index in [2.05, 4.69) is 10.2 Å². The van der Waals surface area contributed by atoms with Crippen molar-refractivity contribution in [3.63, 3.8) is 0 Å². The van der Waals surface area contributed by atoms with Crippen molar-refractivity contribution >= 4 is 11.8 Å². The van der Waals surface area contributed by atoms with Crippen molar-refractivity contribution < 1.29 is 19.4 Å². The Hall–Kier alpha value is -1.22. The number of hydrogen-bond donors (Lipinski definition) is 2. The molecule has 0 radical (unpaired) electrons. The molecule has 2 fully saturated rings. The number of carbonyl (C=O) groups is 2. The topological polar surface area (TPSA) is 85.3 Å². The normalized spacial score (nSPS) is 22.9. The standard InChI is InChI=1S/C16H30N4O4/c1-2-24-12-10-20-4-3-17-14(16(20)23)13-15(22)19-7-5-18(6-8-19)9-11-21/h14,17,21H,2-13H2,1H3. The molecule has 2 heterocycles. The summed E-state index contributed by atoms with van der Waals surface area (Å²) in [5, 5.41) is 12.1. The van der Waals surface area contributed by atoms with Crippen LogP contribution in [-0.2, 0) is 14.3 Å². The fourth-order valence-electron chi connectivity index (χ4n) is 3.16. The van der Waals surface area contributed by atoms with Gasteiger partial charge in [-0.3, -0.25) is 14.5 Å². The van der Waals surface area contributed by atoms with Crippen molar-refractivity contribution in [1.29, 1.82) is 0 Å². The lowest BCUT2D eigenvalue weighted by atomic mass is 10.1. The lowest BCUT2D eigenvalue weighted by Crippen LogP contribution is -2.57. The SMILES string of the molecule is CCOCCN1CCNC(CC(=O)N2CCN(CCO)CC2)C1=O. The van der Waals surface area contributed by atoms with Crippen LogP contribution in [0.1, 0.15) is 13.3 Å². The first-order valence-corrected chi connectivity index (χ1v) is 8.86. The van der Waals surface area contributed by atoms with Gasteiger partial charge in [0, 0.05) is 59.0 Å². The molecule has 2 aliphatic rings. The van der Waals surface area contributed by atoms with Crippen LogP contribution in [-0.4, -0.2) is 110 Å². The molecule has 0 spiro atoms. The van der Waals surface area contributed by atoms with Gasteiger partial charge in [0.1, 0.15) is 0 Å². The summed E-state index contributed by atoms with van der Waals surface area (Å²) in [4.78, 5) is 30.7. The van der Waals surface area contributed by atoms with Gasteiger partial charge in [-0.15, -0.1) is 0 Å². The minimum Gasteiger partial charge on any atom is -0.395 e. The first-order valence-electron chi connectivity index (χ1n) is 8.86. The van der Waals surface area contributed by atoms with E-state index in [0.29, 0.717) is 52.5 Å². The number of amides is 2. The van der Waals surface area contributed by atoms with Crippen molar-refractivity contribution in [1.82, 2.24) is 20.0 Å². The largest absolute Gasteiger partial charge is 0.395 e. The van der Waals surface area contributed by atoms with E-state index in [1.807, 2.05) is 11.8 Å². The summed E-state index contributed by atoms with van der Waals surface area (Å²) >= 11 is 0. The fourth-order valence-corrected chi connectivity index (χ4v) is 3.16. The predicted molar refractivity (Wildman–Crippen MR) is 89.6 cm³/mol. The third-order valence-electron chi connectivity index (χ3n) is 4.61. The second kappa shape index (κ2) is 9.93. The molecule has 0 aliphatic carbocycles. The van der Waals surface area contributed by atoms with Gasteiger partial charge in [-0.1, -0.05) is 0 Å². The number of piperazine rings is 2. The van der Waals surface area contributed by atoms with E-state index in [4.69, 9.17) is 9.84 Å². The number of nitrogens with one attached hydrogen (secondary N) is 1. The maximum Gasteiger partial charge on any atom is 0.240 e. The lowest BCUT2D eigenvalue weighted by molar-refractivity contribution is -0.142. The third-order valence-corrected chi connectivity index (χ3v) is 4.61. The number of aliphatic hydroxyl groups excluding tert-OH is 1. The second-order valence-corrected chi connectivity index (χ2v) is 6.18. The van der Waals surface area contributed by atoms with Gasteiger partial charge in [-0.05, 0) is 6.92 Å². The Balaban J connectivity index is 1.77. The van der Waals surface area contributed by atoms with Crippen molar-refractivity contribution in [2.45, 2.75) is 19.4 Å². The van der Waals surface area contributed by atoms with E-state index < -0.39 is 6.04 Å². The van der Waals surface area contributed by atoms with Gasteiger partial charge in [-0.25, -0.2) is 0 Å². The van der Waals surface area contributed by atoms with E-state index in [9.17, 15) is 9.59 Å². The van der Waals surface area contributed by atoms with Gasteiger partial charge in [-0.2, -0.15) is 0 Å². The molecule has 2 rings (SSSR count). The zero-order valence-electron chi connectivity index (χ0n) is 14.6. The Morgan fingerprint density at radius 1 is 1.25 bits per heavy atom. The first kappa shape index (κ1) is 19.1.